The van der Waals surface area contributed by atoms with Gasteiger partial charge in [0.2, 0.25) is 0 Å². The lowest BCUT2D eigenvalue weighted by atomic mass is 9.35. The number of carbonyl (C=O) groups is 2. The Morgan fingerprint density at radius 3 is 2.29 bits per heavy atom. The van der Waals surface area contributed by atoms with Crippen molar-refractivity contribution in [3.8, 4) is 11.3 Å². The van der Waals surface area contributed by atoms with E-state index in [4.69, 9.17) is 0 Å². The van der Waals surface area contributed by atoms with Crippen molar-refractivity contribution in [2.45, 2.75) is 72.9 Å². The van der Waals surface area contributed by atoms with Crippen LogP contribution in [0.25, 0.3) is 11.3 Å². The maximum atomic E-state index is 13.6. The molecule has 2 N–H and O–H groups in total. The number of hydrogen-bond acceptors (Lipinski definition) is 3. The molecule has 1 unspecified atom stereocenters. The number of benzene rings is 2. The minimum atomic E-state index is -0.400. The highest BCUT2D eigenvalue weighted by atomic mass is 19.1. The van der Waals surface area contributed by atoms with Crippen molar-refractivity contribution < 1.29 is 14.0 Å². The third kappa shape index (κ3) is 4.12. The van der Waals surface area contributed by atoms with Gasteiger partial charge in [-0.15, -0.1) is 0 Å². The van der Waals surface area contributed by atoms with Crippen LogP contribution >= 0.6 is 0 Å². The maximum absolute atomic E-state index is 13.6. The molecule has 6 nitrogen and oxygen atoms in total. The number of fused-ring (bicyclic) bond motifs is 1. The first-order valence-electron chi connectivity index (χ1n) is 13.3. The Balaban J connectivity index is 1.41. The van der Waals surface area contributed by atoms with Gasteiger partial charge < -0.3 is 10.6 Å². The molecule has 5 rings (SSSR count). The van der Waals surface area contributed by atoms with Gasteiger partial charge in [-0.3, -0.25) is 14.3 Å². The van der Waals surface area contributed by atoms with Gasteiger partial charge in [-0.05, 0) is 99.2 Å². The molecule has 200 valence electrons. The summed E-state index contributed by atoms with van der Waals surface area (Å²) in [5.74, 6) is -0.161. The zero-order chi connectivity index (χ0) is 27.6. The Morgan fingerprint density at radius 2 is 1.71 bits per heavy atom. The van der Waals surface area contributed by atoms with Crippen LogP contribution in [0, 0.1) is 29.5 Å². The molecule has 2 aliphatic rings. The molecule has 3 atom stereocenters. The fraction of sp³-hybridized carbons (Fsp3) is 0.452. The lowest BCUT2D eigenvalue weighted by Gasteiger charge is -2.72. The highest BCUT2D eigenvalue weighted by molar-refractivity contribution is 6.08. The number of carbonyl (C=O) groups excluding carboxylic acids is 2. The molecule has 38 heavy (non-hydrogen) atoms. The van der Waals surface area contributed by atoms with Gasteiger partial charge in [0.25, 0.3) is 11.8 Å². The molecule has 0 aliphatic heterocycles. The van der Waals surface area contributed by atoms with Crippen LogP contribution < -0.4 is 10.6 Å². The Bertz CT molecular complexity index is 1410. The van der Waals surface area contributed by atoms with Gasteiger partial charge in [-0.25, -0.2) is 4.39 Å². The van der Waals surface area contributed by atoms with Crippen LogP contribution in [0.1, 0.15) is 80.7 Å². The number of hydrogen-bond donors (Lipinski definition) is 2. The van der Waals surface area contributed by atoms with Crippen molar-refractivity contribution >= 4 is 17.5 Å². The van der Waals surface area contributed by atoms with Gasteiger partial charge in [0, 0.05) is 22.9 Å². The second kappa shape index (κ2) is 8.79. The van der Waals surface area contributed by atoms with Crippen LogP contribution in [0.5, 0.6) is 0 Å². The smallest absolute Gasteiger partial charge is 0.259 e. The number of nitrogens with one attached hydrogen (secondary N) is 2. The number of aromatic nitrogens is 2. The van der Waals surface area contributed by atoms with Crippen molar-refractivity contribution in [1.82, 2.24) is 15.1 Å². The first-order chi connectivity index (χ1) is 17.7. The topological polar surface area (TPSA) is 76.0 Å². The maximum Gasteiger partial charge on any atom is 0.259 e. The van der Waals surface area contributed by atoms with Crippen LogP contribution in [-0.4, -0.2) is 27.6 Å². The standard InChI is InChI=1S/C31H37FN4O2/c1-18-8-13-21(16-22(18)26(37)35-28-30(5,6)24-14-15-31(24,28)7)34-27(38)23-17-33-36(29(2,3)4)25(23)19-9-11-20(32)12-10-19/h8-13,16-17,24,28H,14-15H2,1-7H3,(H,34,38)(H,35,37)/t24?,28-,31-/m0/s1. The van der Waals surface area contributed by atoms with E-state index in [0.29, 0.717) is 34.0 Å². The fourth-order valence-electron chi connectivity index (χ4n) is 6.88. The van der Waals surface area contributed by atoms with E-state index in [1.165, 1.54) is 24.8 Å². The van der Waals surface area contributed by atoms with E-state index >= 15 is 0 Å². The number of halogens is 1. The summed E-state index contributed by atoms with van der Waals surface area (Å²) in [5.41, 5.74) is 3.44. The van der Waals surface area contributed by atoms with E-state index in [0.717, 1.165) is 12.0 Å². The Hall–Kier alpha value is -3.48. The first kappa shape index (κ1) is 26.1. The van der Waals surface area contributed by atoms with Crippen LogP contribution in [0.4, 0.5) is 10.1 Å². The van der Waals surface area contributed by atoms with Crippen LogP contribution in [-0.2, 0) is 5.54 Å². The minimum Gasteiger partial charge on any atom is -0.348 e. The summed E-state index contributed by atoms with van der Waals surface area (Å²) < 4.78 is 15.4. The zero-order valence-corrected chi connectivity index (χ0v) is 23.3. The highest BCUT2D eigenvalue weighted by Gasteiger charge is 2.68. The monoisotopic (exact) mass is 516 g/mol. The zero-order valence-electron chi connectivity index (χ0n) is 23.3. The van der Waals surface area contributed by atoms with Crippen molar-refractivity contribution in [2.75, 3.05) is 5.32 Å². The average molecular weight is 517 g/mol. The molecule has 2 fully saturated rings. The summed E-state index contributed by atoms with van der Waals surface area (Å²) in [4.78, 5) is 26.9. The third-order valence-corrected chi connectivity index (χ3v) is 8.85. The molecule has 1 heterocycles. The molecule has 3 aromatic rings. The van der Waals surface area contributed by atoms with E-state index in [1.807, 2.05) is 33.8 Å². The summed E-state index contributed by atoms with van der Waals surface area (Å²) in [7, 11) is 0. The molecular formula is C31H37FN4O2. The van der Waals surface area contributed by atoms with Gasteiger partial charge in [0.1, 0.15) is 5.82 Å². The van der Waals surface area contributed by atoms with Crippen LogP contribution in [0.3, 0.4) is 0 Å². The largest absolute Gasteiger partial charge is 0.348 e. The molecule has 1 aromatic heterocycles. The Morgan fingerprint density at radius 1 is 1.03 bits per heavy atom. The van der Waals surface area contributed by atoms with Crippen molar-refractivity contribution in [2.24, 2.45) is 16.7 Å². The molecule has 0 radical (unpaired) electrons. The number of amides is 2. The lowest BCUT2D eigenvalue weighted by Crippen LogP contribution is -2.75. The van der Waals surface area contributed by atoms with E-state index in [2.05, 4.69) is 36.5 Å². The Labute approximate surface area is 224 Å². The predicted octanol–water partition coefficient (Wildman–Crippen LogP) is 6.56. The first-order valence-corrected chi connectivity index (χ1v) is 13.3. The quantitative estimate of drug-likeness (QED) is 0.403. The molecule has 0 saturated heterocycles. The van der Waals surface area contributed by atoms with Crippen molar-refractivity contribution in [1.29, 1.82) is 0 Å². The number of aryl methyl sites for hydroxylation is 1. The average Bonchev–Trinajstić information content (AvgIpc) is 3.28. The summed E-state index contributed by atoms with van der Waals surface area (Å²) >= 11 is 0. The molecule has 2 amide bonds. The highest BCUT2D eigenvalue weighted by Crippen LogP contribution is 2.69. The molecule has 7 heteroatoms. The number of anilines is 1. The predicted molar refractivity (Wildman–Crippen MR) is 148 cm³/mol. The second-order valence-corrected chi connectivity index (χ2v) is 12.8. The van der Waals surface area contributed by atoms with Crippen LogP contribution in [0.15, 0.2) is 48.7 Å². The molecule has 0 spiro atoms. The van der Waals surface area contributed by atoms with Gasteiger partial charge in [-0.2, -0.15) is 5.10 Å². The van der Waals surface area contributed by atoms with E-state index in [1.54, 1.807) is 28.9 Å². The number of rotatable bonds is 5. The van der Waals surface area contributed by atoms with E-state index in [9.17, 15) is 14.0 Å². The van der Waals surface area contributed by atoms with Crippen LogP contribution in [0.2, 0.25) is 0 Å². The Kier molecular flexibility index (Phi) is 6.04. The second-order valence-electron chi connectivity index (χ2n) is 12.8. The summed E-state index contributed by atoms with van der Waals surface area (Å²) in [6.07, 6.45) is 3.90. The summed E-state index contributed by atoms with van der Waals surface area (Å²) in [6, 6.07) is 11.6. The lowest BCUT2D eigenvalue weighted by molar-refractivity contribution is -0.204. The molecular weight excluding hydrogens is 479 g/mol. The third-order valence-electron chi connectivity index (χ3n) is 8.85. The summed E-state index contributed by atoms with van der Waals surface area (Å²) in [5, 5.41) is 10.8. The van der Waals surface area contributed by atoms with Crippen molar-refractivity contribution in [3.05, 3.63) is 71.2 Å². The van der Waals surface area contributed by atoms with Gasteiger partial charge in [0.05, 0.1) is 23.0 Å². The SMILES string of the molecule is Cc1ccc(NC(=O)c2cnn(C(C)(C)C)c2-c2ccc(F)cc2)cc1C(=O)N[C@H]1C(C)(C)C2CC[C@@]21C. The fourth-order valence-corrected chi connectivity index (χ4v) is 6.88. The molecule has 2 saturated carbocycles. The van der Waals surface area contributed by atoms with Crippen molar-refractivity contribution in [3.63, 3.8) is 0 Å². The van der Waals surface area contributed by atoms with Gasteiger partial charge >= 0.3 is 0 Å². The van der Waals surface area contributed by atoms with E-state index in [-0.39, 0.29) is 34.5 Å². The molecule has 2 aromatic carbocycles. The van der Waals surface area contributed by atoms with Gasteiger partial charge in [-0.1, -0.05) is 26.8 Å². The normalized spacial score (nSPS) is 23.6. The number of nitrogens with zero attached hydrogens (tertiary/aromatic N) is 2. The molecule has 0 bridgehead atoms. The minimum absolute atomic E-state index is 0.0758. The van der Waals surface area contributed by atoms with E-state index < -0.39 is 5.54 Å². The van der Waals surface area contributed by atoms with Gasteiger partial charge in [0.15, 0.2) is 0 Å². The molecule has 2 aliphatic carbocycles. The summed E-state index contributed by atoms with van der Waals surface area (Å²) in [6.45, 7) is 14.6.